The number of hydrogen-bond acceptors (Lipinski definition) is 6. The molecule has 0 aliphatic rings. The SMILES string of the molecule is Cc1nc2scnn2c1Sc1ncn[nH]1. The van der Waals surface area contributed by atoms with E-state index in [4.69, 9.17) is 0 Å². The van der Waals surface area contributed by atoms with E-state index in [9.17, 15) is 0 Å². The Hall–Kier alpha value is -1.41. The van der Waals surface area contributed by atoms with Crippen LogP contribution in [-0.2, 0) is 0 Å². The van der Waals surface area contributed by atoms with Crippen LogP contribution in [0.4, 0.5) is 0 Å². The molecular formula is C7H6N6S2. The Kier molecular flexibility index (Phi) is 1.96. The number of H-pyrrole nitrogens is 1. The molecule has 3 aromatic heterocycles. The summed E-state index contributed by atoms with van der Waals surface area (Å²) in [5.74, 6) is 0. The molecule has 0 saturated heterocycles. The van der Waals surface area contributed by atoms with Crippen molar-refractivity contribution in [1.29, 1.82) is 0 Å². The Morgan fingerprint density at radius 2 is 2.47 bits per heavy atom. The van der Waals surface area contributed by atoms with Crippen LogP contribution in [0.3, 0.4) is 0 Å². The van der Waals surface area contributed by atoms with E-state index in [1.807, 2.05) is 11.4 Å². The van der Waals surface area contributed by atoms with Crippen molar-refractivity contribution in [2.75, 3.05) is 0 Å². The van der Waals surface area contributed by atoms with Crippen LogP contribution in [0.2, 0.25) is 0 Å². The van der Waals surface area contributed by atoms with Crippen LogP contribution in [0.5, 0.6) is 0 Å². The summed E-state index contributed by atoms with van der Waals surface area (Å²) in [7, 11) is 0. The van der Waals surface area contributed by atoms with Crippen molar-refractivity contribution in [2.45, 2.75) is 17.1 Å². The van der Waals surface area contributed by atoms with E-state index in [1.54, 1.807) is 5.51 Å². The van der Waals surface area contributed by atoms with Gasteiger partial charge in [-0.3, -0.25) is 5.10 Å². The molecule has 0 spiro atoms. The fourth-order valence-electron chi connectivity index (χ4n) is 1.23. The van der Waals surface area contributed by atoms with E-state index in [1.165, 1.54) is 29.4 Å². The van der Waals surface area contributed by atoms with E-state index in [2.05, 4.69) is 25.3 Å². The van der Waals surface area contributed by atoms with Gasteiger partial charge in [0.2, 0.25) is 4.96 Å². The van der Waals surface area contributed by atoms with Gasteiger partial charge in [-0.1, -0.05) is 11.3 Å². The number of rotatable bonds is 2. The van der Waals surface area contributed by atoms with E-state index >= 15 is 0 Å². The summed E-state index contributed by atoms with van der Waals surface area (Å²) in [6, 6.07) is 0. The molecule has 3 heterocycles. The number of nitrogens with zero attached hydrogens (tertiary/aromatic N) is 5. The minimum absolute atomic E-state index is 0.743. The van der Waals surface area contributed by atoms with Crippen molar-refractivity contribution in [1.82, 2.24) is 29.8 Å². The van der Waals surface area contributed by atoms with E-state index in [0.29, 0.717) is 0 Å². The van der Waals surface area contributed by atoms with E-state index < -0.39 is 0 Å². The first kappa shape index (κ1) is 8.86. The fourth-order valence-corrected chi connectivity index (χ4v) is 2.74. The molecule has 15 heavy (non-hydrogen) atoms. The third kappa shape index (κ3) is 1.41. The first-order chi connectivity index (χ1) is 7.34. The highest BCUT2D eigenvalue weighted by atomic mass is 32.2. The molecular weight excluding hydrogens is 232 g/mol. The van der Waals surface area contributed by atoms with Crippen molar-refractivity contribution in [3.05, 3.63) is 17.5 Å². The quantitative estimate of drug-likeness (QED) is 0.730. The smallest absolute Gasteiger partial charge is 0.213 e. The maximum atomic E-state index is 4.39. The van der Waals surface area contributed by atoms with Crippen LogP contribution in [0, 0.1) is 6.92 Å². The van der Waals surface area contributed by atoms with Gasteiger partial charge in [0.25, 0.3) is 0 Å². The Balaban J connectivity index is 2.09. The minimum atomic E-state index is 0.743. The third-order valence-corrected chi connectivity index (χ3v) is 3.58. The topological polar surface area (TPSA) is 71.8 Å². The summed E-state index contributed by atoms with van der Waals surface area (Å²) >= 11 is 2.99. The number of nitrogens with one attached hydrogen (secondary N) is 1. The number of aromatic amines is 1. The molecule has 1 N–H and O–H groups in total. The van der Waals surface area contributed by atoms with Gasteiger partial charge in [0, 0.05) is 0 Å². The number of imidazole rings is 1. The molecule has 0 aromatic carbocycles. The molecule has 3 aromatic rings. The molecule has 0 radical (unpaired) electrons. The number of fused-ring (bicyclic) bond motifs is 1. The predicted molar refractivity (Wildman–Crippen MR) is 56.1 cm³/mol. The van der Waals surface area contributed by atoms with Crippen molar-refractivity contribution in [2.24, 2.45) is 0 Å². The number of aryl methyl sites for hydroxylation is 1. The van der Waals surface area contributed by atoms with Crippen LogP contribution < -0.4 is 0 Å². The van der Waals surface area contributed by atoms with Crippen molar-refractivity contribution < 1.29 is 0 Å². The number of hydrogen-bond donors (Lipinski definition) is 1. The Labute approximate surface area is 92.8 Å². The van der Waals surface area contributed by atoms with Gasteiger partial charge in [-0.05, 0) is 18.7 Å². The second-order valence-corrected chi connectivity index (χ2v) is 4.62. The van der Waals surface area contributed by atoms with Gasteiger partial charge >= 0.3 is 0 Å². The van der Waals surface area contributed by atoms with Crippen LogP contribution >= 0.6 is 23.1 Å². The predicted octanol–water partition coefficient (Wildman–Crippen LogP) is 1.37. The maximum Gasteiger partial charge on any atom is 0.213 e. The second kappa shape index (κ2) is 3.31. The lowest BCUT2D eigenvalue weighted by Crippen LogP contribution is -1.87. The molecule has 0 bridgehead atoms. The highest BCUT2D eigenvalue weighted by molar-refractivity contribution is 7.99. The van der Waals surface area contributed by atoms with Gasteiger partial charge in [-0.2, -0.15) is 14.7 Å². The van der Waals surface area contributed by atoms with Crippen LogP contribution in [0.25, 0.3) is 4.96 Å². The van der Waals surface area contributed by atoms with Gasteiger partial charge in [0.05, 0.1) is 5.69 Å². The molecule has 0 aliphatic heterocycles. The average molecular weight is 238 g/mol. The van der Waals surface area contributed by atoms with Gasteiger partial charge in [0.15, 0.2) is 5.16 Å². The van der Waals surface area contributed by atoms with Crippen LogP contribution in [0.1, 0.15) is 5.69 Å². The minimum Gasteiger partial charge on any atom is -0.254 e. The standard InChI is InChI=1S/C7H6N6S2/c1-4-5(15-6-8-2-9-12-6)13-7(11-4)14-3-10-13/h2-3H,1H3,(H,8,9,12). The largest absolute Gasteiger partial charge is 0.254 e. The molecule has 0 unspecified atom stereocenters. The normalized spacial score (nSPS) is 11.3. The van der Waals surface area contributed by atoms with E-state index in [-0.39, 0.29) is 0 Å². The van der Waals surface area contributed by atoms with Crippen molar-refractivity contribution in [3.63, 3.8) is 0 Å². The summed E-state index contributed by atoms with van der Waals surface area (Å²) in [5.41, 5.74) is 2.72. The highest BCUT2D eigenvalue weighted by Gasteiger charge is 2.13. The van der Waals surface area contributed by atoms with Gasteiger partial charge in [-0.15, -0.1) is 0 Å². The molecule has 0 atom stereocenters. The highest BCUT2D eigenvalue weighted by Crippen LogP contribution is 2.28. The molecule has 0 fully saturated rings. The third-order valence-electron chi connectivity index (χ3n) is 1.85. The molecule has 6 nitrogen and oxygen atoms in total. The number of aromatic nitrogens is 6. The van der Waals surface area contributed by atoms with Crippen molar-refractivity contribution >= 4 is 28.1 Å². The van der Waals surface area contributed by atoms with Gasteiger partial charge in [-0.25, -0.2) is 9.97 Å². The zero-order valence-electron chi connectivity index (χ0n) is 7.71. The van der Waals surface area contributed by atoms with Gasteiger partial charge in [0.1, 0.15) is 16.9 Å². The summed E-state index contributed by atoms with van der Waals surface area (Å²) < 4.78 is 1.81. The Morgan fingerprint density at radius 3 is 3.27 bits per heavy atom. The van der Waals surface area contributed by atoms with E-state index in [0.717, 1.165) is 20.8 Å². The lowest BCUT2D eigenvalue weighted by molar-refractivity contribution is 0.864. The summed E-state index contributed by atoms with van der Waals surface area (Å²) in [6.07, 6.45) is 1.48. The second-order valence-electron chi connectivity index (χ2n) is 2.83. The Bertz CT molecular complexity index is 580. The lowest BCUT2D eigenvalue weighted by atomic mass is 10.6. The summed E-state index contributed by atoms with van der Waals surface area (Å²) in [5, 5.41) is 12.5. The van der Waals surface area contributed by atoms with Gasteiger partial charge < -0.3 is 0 Å². The molecule has 3 rings (SSSR count). The Morgan fingerprint density at radius 1 is 1.53 bits per heavy atom. The monoisotopic (exact) mass is 238 g/mol. The zero-order chi connectivity index (χ0) is 10.3. The molecule has 8 heteroatoms. The van der Waals surface area contributed by atoms with Crippen LogP contribution in [-0.4, -0.2) is 29.8 Å². The fraction of sp³-hybridized carbons (Fsp3) is 0.143. The first-order valence-corrected chi connectivity index (χ1v) is 5.86. The molecule has 0 amide bonds. The average Bonchev–Trinajstić information content (AvgIpc) is 2.86. The van der Waals surface area contributed by atoms with Crippen molar-refractivity contribution in [3.8, 4) is 0 Å². The first-order valence-electron chi connectivity index (χ1n) is 4.16. The molecule has 0 saturated carbocycles. The zero-order valence-corrected chi connectivity index (χ0v) is 9.34. The molecule has 0 aliphatic carbocycles. The maximum absolute atomic E-state index is 4.39. The van der Waals surface area contributed by atoms with Crippen LogP contribution in [0.15, 0.2) is 22.0 Å². The molecule has 76 valence electrons. The lowest BCUT2D eigenvalue weighted by Gasteiger charge is -1.94. The summed E-state index contributed by atoms with van der Waals surface area (Å²) in [4.78, 5) is 9.34. The summed E-state index contributed by atoms with van der Waals surface area (Å²) in [6.45, 7) is 1.96.